The Morgan fingerprint density at radius 3 is 2.48 bits per heavy atom. The standard InChI is InChI=1S/C22H23N3O2/c1-25(16-18-5-3-2-4-6-18)14-12-17-7-9-19(10-8-17)27-21-11-13-24-15-20(21)22(23)26/h2-11,13,15H,12,14,16H2,1H3,(H2,23,26). The van der Waals surface area contributed by atoms with Crippen LogP contribution in [-0.4, -0.2) is 29.4 Å². The number of rotatable bonds is 8. The molecule has 0 aliphatic rings. The van der Waals surface area contributed by atoms with E-state index in [-0.39, 0.29) is 5.56 Å². The number of likely N-dealkylation sites (N-methyl/N-ethyl adjacent to an activating group) is 1. The number of carbonyl (C=O) groups excluding carboxylic acids is 1. The third kappa shape index (κ3) is 5.39. The number of nitrogens with two attached hydrogens (primary N) is 1. The quantitative estimate of drug-likeness (QED) is 0.665. The number of benzene rings is 2. The molecule has 27 heavy (non-hydrogen) atoms. The summed E-state index contributed by atoms with van der Waals surface area (Å²) in [6.45, 7) is 1.89. The van der Waals surface area contributed by atoms with E-state index in [0.29, 0.717) is 11.5 Å². The first-order valence-electron chi connectivity index (χ1n) is 8.85. The van der Waals surface area contributed by atoms with Crippen molar-refractivity contribution < 1.29 is 9.53 Å². The number of hydrogen-bond acceptors (Lipinski definition) is 4. The van der Waals surface area contributed by atoms with E-state index in [9.17, 15) is 4.79 Å². The molecule has 5 nitrogen and oxygen atoms in total. The lowest BCUT2D eigenvalue weighted by Crippen LogP contribution is -2.20. The van der Waals surface area contributed by atoms with Crippen molar-refractivity contribution in [3.8, 4) is 11.5 Å². The molecule has 0 aliphatic carbocycles. The van der Waals surface area contributed by atoms with E-state index >= 15 is 0 Å². The molecule has 1 heterocycles. The Kier molecular flexibility index (Phi) is 6.18. The van der Waals surface area contributed by atoms with Gasteiger partial charge in [0, 0.05) is 25.5 Å². The third-order valence-corrected chi connectivity index (χ3v) is 4.28. The molecular weight excluding hydrogens is 338 g/mol. The van der Waals surface area contributed by atoms with E-state index in [0.717, 1.165) is 19.5 Å². The Labute approximate surface area is 159 Å². The van der Waals surface area contributed by atoms with Gasteiger partial charge in [-0.3, -0.25) is 9.78 Å². The topological polar surface area (TPSA) is 68.4 Å². The van der Waals surface area contributed by atoms with Gasteiger partial charge in [0.25, 0.3) is 5.91 Å². The van der Waals surface area contributed by atoms with Crippen LogP contribution in [0.3, 0.4) is 0 Å². The number of ether oxygens (including phenoxy) is 1. The molecule has 0 atom stereocenters. The summed E-state index contributed by atoms with van der Waals surface area (Å²) in [6.07, 6.45) is 3.93. The smallest absolute Gasteiger partial charge is 0.254 e. The van der Waals surface area contributed by atoms with E-state index in [1.165, 1.54) is 17.3 Å². The third-order valence-electron chi connectivity index (χ3n) is 4.28. The first kappa shape index (κ1) is 18.6. The molecule has 5 heteroatoms. The minimum Gasteiger partial charge on any atom is -0.456 e. The first-order chi connectivity index (χ1) is 13.1. The Balaban J connectivity index is 1.55. The van der Waals surface area contributed by atoms with Gasteiger partial charge < -0.3 is 15.4 Å². The fourth-order valence-electron chi connectivity index (χ4n) is 2.80. The molecule has 0 unspecified atom stereocenters. The summed E-state index contributed by atoms with van der Waals surface area (Å²) in [5.74, 6) is 0.508. The Bertz CT molecular complexity index is 880. The molecule has 2 N–H and O–H groups in total. The van der Waals surface area contributed by atoms with Crippen LogP contribution in [-0.2, 0) is 13.0 Å². The maximum atomic E-state index is 11.4. The lowest BCUT2D eigenvalue weighted by molar-refractivity contribution is 0.0997. The van der Waals surface area contributed by atoms with Crippen LogP contribution in [0.1, 0.15) is 21.5 Å². The molecule has 1 aromatic heterocycles. The lowest BCUT2D eigenvalue weighted by atomic mass is 10.1. The molecular formula is C22H23N3O2. The zero-order valence-electron chi connectivity index (χ0n) is 15.3. The predicted octanol–water partition coefficient (Wildman–Crippen LogP) is 3.65. The summed E-state index contributed by atoms with van der Waals surface area (Å²) < 4.78 is 5.78. The number of aromatic nitrogens is 1. The van der Waals surface area contributed by atoms with Gasteiger partial charge in [0.05, 0.1) is 0 Å². The molecule has 138 valence electrons. The van der Waals surface area contributed by atoms with Crippen LogP contribution in [0.5, 0.6) is 11.5 Å². The molecule has 0 bridgehead atoms. The molecule has 0 radical (unpaired) electrons. The molecule has 1 amide bonds. The maximum absolute atomic E-state index is 11.4. The average Bonchev–Trinajstić information content (AvgIpc) is 2.68. The molecule has 0 fully saturated rings. The fraction of sp³-hybridized carbons (Fsp3) is 0.182. The normalized spacial score (nSPS) is 10.7. The predicted molar refractivity (Wildman–Crippen MR) is 106 cm³/mol. The van der Waals surface area contributed by atoms with E-state index in [1.54, 1.807) is 12.3 Å². The van der Waals surface area contributed by atoms with Crippen molar-refractivity contribution in [2.45, 2.75) is 13.0 Å². The number of primary amides is 1. The van der Waals surface area contributed by atoms with Crippen molar-refractivity contribution in [1.29, 1.82) is 0 Å². The van der Waals surface area contributed by atoms with Gasteiger partial charge in [-0.15, -0.1) is 0 Å². The second-order valence-corrected chi connectivity index (χ2v) is 6.46. The maximum Gasteiger partial charge on any atom is 0.254 e. The largest absolute Gasteiger partial charge is 0.456 e. The highest BCUT2D eigenvalue weighted by molar-refractivity contribution is 5.95. The summed E-state index contributed by atoms with van der Waals surface area (Å²) in [5, 5.41) is 0. The van der Waals surface area contributed by atoms with Crippen LogP contribution >= 0.6 is 0 Å². The van der Waals surface area contributed by atoms with Gasteiger partial charge in [0.15, 0.2) is 0 Å². The number of pyridine rings is 1. The molecule has 0 saturated carbocycles. The molecule has 2 aromatic carbocycles. The summed E-state index contributed by atoms with van der Waals surface area (Å²) in [6, 6.07) is 20.0. The van der Waals surface area contributed by atoms with Gasteiger partial charge in [-0.25, -0.2) is 0 Å². The van der Waals surface area contributed by atoms with Crippen LogP contribution in [0.25, 0.3) is 0 Å². The highest BCUT2D eigenvalue weighted by Gasteiger charge is 2.10. The van der Waals surface area contributed by atoms with Crippen molar-refractivity contribution in [3.05, 3.63) is 89.7 Å². The number of nitrogens with zero attached hydrogens (tertiary/aromatic N) is 2. The monoisotopic (exact) mass is 361 g/mol. The summed E-state index contributed by atoms with van der Waals surface area (Å²) in [5.41, 5.74) is 8.16. The van der Waals surface area contributed by atoms with Gasteiger partial charge >= 0.3 is 0 Å². The van der Waals surface area contributed by atoms with Gasteiger partial charge in [-0.2, -0.15) is 0 Å². The average molecular weight is 361 g/mol. The highest BCUT2D eigenvalue weighted by Crippen LogP contribution is 2.24. The zero-order valence-corrected chi connectivity index (χ0v) is 15.3. The van der Waals surface area contributed by atoms with Crippen LogP contribution < -0.4 is 10.5 Å². The van der Waals surface area contributed by atoms with Crippen LogP contribution in [0.2, 0.25) is 0 Å². The van der Waals surface area contributed by atoms with Crippen molar-refractivity contribution in [1.82, 2.24) is 9.88 Å². The Morgan fingerprint density at radius 2 is 1.78 bits per heavy atom. The fourth-order valence-corrected chi connectivity index (χ4v) is 2.80. The van der Waals surface area contributed by atoms with Gasteiger partial charge in [-0.05, 0) is 42.8 Å². The second-order valence-electron chi connectivity index (χ2n) is 6.46. The molecule has 0 saturated heterocycles. The highest BCUT2D eigenvalue weighted by atomic mass is 16.5. The minimum atomic E-state index is -0.559. The Morgan fingerprint density at radius 1 is 1.04 bits per heavy atom. The number of amides is 1. The van der Waals surface area contributed by atoms with Crippen molar-refractivity contribution in [3.63, 3.8) is 0 Å². The SMILES string of the molecule is CN(CCc1ccc(Oc2ccncc2C(N)=O)cc1)Cc1ccccc1. The molecule has 3 rings (SSSR count). The van der Waals surface area contributed by atoms with Crippen LogP contribution in [0, 0.1) is 0 Å². The van der Waals surface area contributed by atoms with Crippen LogP contribution in [0.15, 0.2) is 73.1 Å². The van der Waals surface area contributed by atoms with E-state index in [1.807, 2.05) is 30.3 Å². The molecule has 3 aromatic rings. The number of hydrogen-bond donors (Lipinski definition) is 1. The van der Waals surface area contributed by atoms with Crippen molar-refractivity contribution in [2.75, 3.05) is 13.6 Å². The van der Waals surface area contributed by atoms with Gasteiger partial charge in [0.1, 0.15) is 17.1 Å². The Hall–Kier alpha value is -3.18. The van der Waals surface area contributed by atoms with Crippen LogP contribution in [0.4, 0.5) is 0 Å². The van der Waals surface area contributed by atoms with Crippen molar-refractivity contribution in [2.24, 2.45) is 5.73 Å². The van der Waals surface area contributed by atoms with E-state index in [2.05, 4.69) is 41.2 Å². The summed E-state index contributed by atoms with van der Waals surface area (Å²) in [4.78, 5) is 17.7. The zero-order chi connectivity index (χ0) is 19.1. The minimum absolute atomic E-state index is 0.268. The van der Waals surface area contributed by atoms with E-state index < -0.39 is 5.91 Å². The first-order valence-corrected chi connectivity index (χ1v) is 8.85. The second kappa shape index (κ2) is 8.96. The van der Waals surface area contributed by atoms with E-state index in [4.69, 9.17) is 10.5 Å². The van der Waals surface area contributed by atoms with Gasteiger partial charge in [-0.1, -0.05) is 42.5 Å². The van der Waals surface area contributed by atoms with Crippen molar-refractivity contribution >= 4 is 5.91 Å². The van der Waals surface area contributed by atoms with Gasteiger partial charge in [0.2, 0.25) is 0 Å². The number of carbonyl (C=O) groups is 1. The molecule has 0 spiro atoms. The summed E-state index contributed by atoms with van der Waals surface area (Å²) in [7, 11) is 2.12. The summed E-state index contributed by atoms with van der Waals surface area (Å²) >= 11 is 0. The lowest BCUT2D eigenvalue weighted by Gasteiger charge is -2.16. The molecule has 0 aliphatic heterocycles.